The Hall–Kier alpha value is -3.32. The van der Waals surface area contributed by atoms with Crippen molar-refractivity contribution >= 4 is 11.9 Å². The number of hydrogen-bond acceptors (Lipinski definition) is 5. The van der Waals surface area contributed by atoms with Crippen LogP contribution < -0.4 is 10.2 Å². The van der Waals surface area contributed by atoms with E-state index in [0.29, 0.717) is 26.2 Å². The Morgan fingerprint density at radius 2 is 1.91 bits per heavy atom. The third-order valence-electron chi connectivity index (χ3n) is 5.76. The molecular formula is C25H30N4O3. The molecule has 0 unspecified atom stereocenters. The van der Waals surface area contributed by atoms with Crippen LogP contribution in [0.1, 0.15) is 23.6 Å². The van der Waals surface area contributed by atoms with Crippen molar-refractivity contribution in [3.63, 3.8) is 0 Å². The predicted molar refractivity (Wildman–Crippen MR) is 124 cm³/mol. The molecule has 1 aliphatic rings. The molecule has 0 saturated carbocycles. The molecule has 3 aromatic rings. The highest BCUT2D eigenvalue weighted by atomic mass is 16.5. The molecule has 0 saturated heterocycles. The summed E-state index contributed by atoms with van der Waals surface area (Å²) in [6.07, 6.45) is 0.945. The van der Waals surface area contributed by atoms with Gasteiger partial charge in [-0.2, -0.15) is 0 Å². The average Bonchev–Trinajstić information content (AvgIpc) is 3.25. The first-order chi connectivity index (χ1) is 15.7. The van der Waals surface area contributed by atoms with Crippen molar-refractivity contribution in [2.45, 2.75) is 26.4 Å². The molecule has 0 radical (unpaired) electrons. The van der Waals surface area contributed by atoms with Gasteiger partial charge in [0, 0.05) is 38.9 Å². The number of carbonyl (C=O) groups is 1. The minimum absolute atomic E-state index is 0.125. The second kappa shape index (κ2) is 10.3. The van der Waals surface area contributed by atoms with Crippen molar-refractivity contribution in [3.05, 3.63) is 71.3 Å². The number of amides is 2. The van der Waals surface area contributed by atoms with Crippen LogP contribution in [0.3, 0.4) is 0 Å². The van der Waals surface area contributed by atoms with E-state index in [1.165, 1.54) is 11.1 Å². The maximum Gasteiger partial charge on any atom is 0.317 e. The van der Waals surface area contributed by atoms with E-state index in [9.17, 15) is 4.79 Å². The molecule has 0 bridgehead atoms. The molecule has 168 valence electrons. The summed E-state index contributed by atoms with van der Waals surface area (Å²) in [6.45, 7) is 5.39. The molecule has 0 aliphatic carbocycles. The van der Waals surface area contributed by atoms with Gasteiger partial charge in [-0.1, -0.05) is 59.8 Å². The quantitative estimate of drug-likeness (QED) is 0.578. The molecule has 1 N–H and O–H groups in total. The number of fused-ring (bicyclic) bond motifs is 1. The fourth-order valence-electron chi connectivity index (χ4n) is 4.09. The zero-order valence-electron chi connectivity index (χ0n) is 18.7. The Balaban J connectivity index is 1.70. The molecule has 1 aromatic heterocycles. The molecule has 7 nitrogen and oxygen atoms in total. The molecule has 32 heavy (non-hydrogen) atoms. The van der Waals surface area contributed by atoms with Crippen LogP contribution in [0.25, 0.3) is 11.3 Å². The van der Waals surface area contributed by atoms with Crippen LogP contribution in [0.15, 0.2) is 59.1 Å². The number of methoxy groups -OCH3 is 1. The molecule has 1 aliphatic heterocycles. The highest BCUT2D eigenvalue weighted by Crippen LogP contribution is 2.35. The summed E-state index contributed by atoms with van der Waals surface area (Å²) in [7, 11) is 1.64. The summed E-state index contributed by atoms with van der Waals surface area (Å²) in [6, 6.07) is 18.4. The number of aromatic nitrogens is 1. The number of nitrogens with zero attached hydrogens (tertiary/aromatic N) is 3. The molecular weight excluding hydrogens is 404 g/mol. The fraction of sp³-hybridized carbons (Fsp3) is 0.360. The Morgan fingerprint density at radius 1 is 1.16 bits per heavy atom. The average molecular weight is 435 g/mol. The minimum atomic E-state index is -0.125. The van der Waals surface area contributed by atoms with Crippen LogP contribution in [0.4, 0.5) is 10.7 Å². The highest BCUT2D eigenvalue weighted by Gasteiger charge is 2.28. The van der Waals surface area contributed by atoms with E-state index in [4.69, 9.17) is 9.26 Å². The van der Waals surface area contributed by atoms with E-state index >= 15 is 0 Å². The highest BCUT2D eigenvalue weighted by molar-refractivity contribution is 5.75. The second-order valence-corrected chi connectivity index (χ2v) is 7.87. The van der Waals surface area contributed by atoms with Crippen molar-refractivity contribution in [1.29, 1.82) is 0 Å². The number of ether oxygens (including phenoxy) is 1. The third kappa shape index (κ3) is 4.78. The van der Waals surface area contributed by atoms with Crippen molar-refractivity contribution < 1.29 is 14.1 Å². The zero-order valence-corrected chi connectivity index (χ0v) is 18.7. The maximum atomic E-state index is 12.8. The van der Waals surface area contributed by atoms with E-state index in [1.54, 1.807) is 12.0 Å². The second-order valence-electron chi connectivity index (χ2n) is 7.87. The summed E-state index contributed by atoms with van der Waals surface area (Å²) in [4.78, 5) is 16.8. The summed E-state index contributed by atoms with van der Waals surface area (Å²) in [5, 5.41) is 7.35. The maximum absolute atomic E-state index is 12.8. The van der Waals surface area contributed by atoms with E-state index in [2.05, 4.69) is 39.6 Å². The van der Waals surface area contributed by atoms with Gasteiger partial charge in [0.1, 0.15) is 5.69 Å². The first-order valence-electron chi connectivity index (χ1n) is 11.1. The summed E-state index contributed by atoms with van der Waals surface area (Å²) >= 11 is 0. The number of urea groups is 1. The lowest BCUT2D eigenvalue weighted by Crippen LogP contribution is -2.41. The lowest BCUT2D eigenvalue weighted by Gasteiger charge is -2.30. The molecule has 2 amide bonds. The topological polar surface area (TPSA) is 70.8 Å². The van der Waals surface area contributed by atoms with Gasteiger partial charge in [0.15, 0.2) is 0 Å². The van der Waals surface area contributed by atoms with E-state index in [-0.39, 0.29) is 6.03 Å². The third-order valence-corrected chi connectivity index (χ3v) is 5.76. The van der Waals surface area contributed by atoms with Crippen molar-refractivity contribution in [3.8, 4) is 11.3 Å². The summed E-state index contributed by atoms with van der Waals surface area (Å²) in [5.74, 6) is 0.727. The number of benzene rings is 2. The lowest BCUT2D eigenvalue weighted by atomic mass is 9.99. The Bertz CT molecular complexity index is 1030. The Labute approximate surface area is 188 Å². The van der Waals surface area contributed by atoms with Gasteiger partial charge in [0.25, 0.3) is 0 Å². The number of nitrogens with one attached hydrogen (secondary N) is 1. The molecule has 2 heterocycles. The zero-order chi connectivity index (χ0) is 22.3. The molecule has 2 aromatic carbocycles. The van der Waals surface area contributed by atoms with E-state index in [1.807, 2.05) is 37.3 Å². The van der Waals surface area contributed by atoms with E-state index < -0.39 is 0 Å². The first kappa shape index (κ1) is 21.9. The van der Waals surface area contributed by atoms with Gasteiger partial charge in [-0.25, -0.2) is 4.79 Å². The first-order valence-corrected chi connectivity index (χ1v) is 11.1. The van der Waals surface area contributed by atoms with Crippen LogP contribution >= 0.6 is 0 Å². The van der Waals surface area contributed by atoms with Gasteiger partial charge in [-0.3, -0.25) is 0 Å². The van der Waals surface area contributed by atoms with Gasteiger partial charge in [-0.05, 0) is 24.5 Å². The minimum Gasteiger partial charge on any atom is -0.383 e. The van der Waals surface area contributed by atoms with Gasteiger partial charge in [-0.15, -0.1) is 0 Å². The number of rotatable bonds is 8. The molecule has 0 atom stereocenters. The molecule has 0 spiro atoms. The van der Waals surface area contributed by atoms with Gasteiger partial charge < -0.3 is 24.4 Å². The van der Waals surface area contributed by atoms with Gasteiger partial charge in [0.2, 0.25) is 5.88 Å². The summed E-state index contributed by atoms with van der Waals surface area (Å²) < 4.78 is 11.2. The number of anilines is 1. The van der Waals surface area contributed by atoms with Gasteiger partial charge >= 0.3 is 6.03 Å². The Kier molecular flexibility index (Phi) is 7.07. The largest absolute Gasteiger partial charge is 0.383 e. The number of carbonyl (C=O) groups excluding carboxylic acids is 1. The monoisotopic (exact) mass is 434 g/mol. The van der Waals surface area contributed by atoms with Gasteiger partial charge in [0.05, 0.1) is 18.7 Å². The van der Waals surface area contributed by atoms with Crippen LogP contribution in [-0.2, 0) is 24.2 Å². The van der Waals surface area contributed by atoms with E-state index in [0.717, 1.165) is 42.2 Å². The van der Waals surface area contributed by atoms with Crippen LogP contribution in [0, 0.1) is 0 Å². The normalized spacial score (nSPS) is 13.0. The molecule has 0 fully saturated rings. The molecule has 7 heteroatoms. The lowest BCUT2D eigenvalue weighted by molar-refractivity contribution is 0.147. The van der Waals surface area contributed by atoms with Crippen LogP contribution in [0.2, 0.25) is 0 Å². The standard InChI is InChI=1S/C25H30N4O3/c1-3-26-25(30)29(15-16-31-2)18-22-23(20-10-5-4-6-11-20)27-32-24(22)28-14-13-19-9-7-8-12-21(19)17-28/h4-12H,3,13-18H2,1-2H3,(H,26,30). The summed E-state index contributed by atoms with van der Waals surface area (Å²) in [5.41, 5.74) is 5.32. The SMILES string of the molecule is CCNC(=O)N(CCOC)Cc1c(-c2ccccc2)noc1N1CCc2ccccc2C1. The van der Waals surface area contributed by atoms with Crippen molar-refractivity contribution in [2.24, 2.45) is 0 Å². The number of hydrogen-bond donors (Lipinski definition) is 1. The van der Waals surface area contributed by atoms with Crippen LogP contribution in [0.5, 0.6) is 0 Å². The van der Waals surface area contributed by atoms with Crippen molar-refractivity contribution in [1.82, 2.24) is 15.4 Å². The van der Waals surface area contributed by atoms with Crippen molar-refractivity contribution in [2.75, 3.05) is 38.3 Å². The Morgan fingerprint density at radius 3 is 2.66 bits per heavy atom. The smallest absolute Gasteiger partial charge is 0.317 e. The van der Waals surface area contributed by atoms with Crippen LogP contribution in [-0.4, -0.2) is 49.4 Å². The fourth-order valence-corrected chi connectivity index (χ4v) is 4.09. The molecule has 4 rings (SSSR count). The predicted octanol–water partition coefficient (Wildman–Crippen LogP) is 4.08.